The van der Waals surface area contributed by atoms with Crippen LogP contribution in [-0.4, -0.2) is 40.5 Å². The van der Waals surface area contributed by atoms with Gasteiger partial charge < -0.3 is 50.2 Å². The van der Waals surface area contributed by atoms with Crippen molar-refractivity contribution in [3.8, 4) is 0 Å². The van der Waals surface area contributed by atoms with Gasteiger partial charge in [0.2, 0.25) is 0 Å². The monoisotopic (exact) mass is 445 g/mol. The third-order valence-corrected chi connectivity index (χ3v) is 3.25. The Morgan fingerprint density at radius 3 is 1.52 bits per heavy atom. The molecule has 0 amide bonds. The van der Waals surface area contributed by atoms with Crippen molar-refractivity contribution >= 4 is 15.9 Å². The predicted octanol–water partition coefficient (Wildman–Crippen LogP) is -0.967. The van der Waals surface area contributed by atoms with Crippen molar-refractivity contribution in [1.82, 2.24) is 0 Å². The van der Waals surface area contributed by atoms with Gasteiger partial charge in [0, 0.05) is 37.6 Å². The molecule has 0 fully saturated rings. The fourth-order valence-electron chi connectivity index (χ4n) is 1.08. The van der Waals surface area contributed by atoms with E-state index in [4.69, 9.17) is 45.1 Å². The molecule has 1 aromatic carbocycles. The molecular formula is C11H20CoN11O3S. The van der Waals surface area contributed by atoms with E-state index in [0.29, 0.717) is 26.2 Å². The van der Waals surface area contributed by atoms with Crippen molar-refractivity contribution in [2.75, 3.05) is 26.2 Å². The van der Waals surface area contributed by atoms with Crippen molar-refractivity contribution in [3.63, 3.8) is 0 Å². The number of hydrogen-bond donors (Lipinski definition) is 4. The first-order valence-electron chi connectivity index (χ1n) is 6.66. The molecule has 0 aliphatic carbocycles. The Balaban J connectivity index is -0.000000149. The third-order valence-electron chi connectivity index (χ3n) is 1.93. The van der Waals surface area contributed by atoms with E-state index in [1.165, 1.54) is 22.0 Å². The molecule has 0 saturated heterocycles. The topological polar surface area (TPSA) is 291 Å². The van der Waals surface area contributed by atoms with Crippen molar-refractivity contribution in [2.24, 2.45) is 27.3 Å². The van der Waals surface area contributed by atoms with Gasteiger partial charge >= 0.3 is 16.8 Å². The number of nitrogens with two attached hydrogens (primary N) is 4. The molecule has 2 rings (SSSR count). The number of sulfonamides is 1. The van der Waals surface area contributed by atoms with Gasteiger partial charge in [0.05, 0.1) is 4.90 Å². The summed E-state index contributed by atoms with van der Waals surface area (Å²) in [5.41, 5.74) is 46.8. The molecule has 152 valence electrons. The summed E-state index contributed by atoms with van der Waals surface area (Å²) >= 11 is 0. The summed E-state index contributed by atoms with van der Waals surface area (Å²) < 4.78 is 25.2. The molecule has 0 radical (unpaired) electrons. The Kier molecular flexibility index (Phi) is 25.9. The second kappa shape index (κ2) is 21.6. The molecular weight excluding hydrogens is 425 g/mol. The summed E-state index contributed by atoms with van der Waals surface area (Å²) in [7, 11) is -3.68. The molecule has 1 aromatic rings. The molecule has 0 bridgehead atoms. The summed E-state index contributed by atoms with van der Waals surface area (Å²) in [5.74, 6) is -0.675. The van der Waals surface area contributed by atoms with Crippen LogP contribution in [-0.2, 0) is 26.8 Å². The molecule has 1 aliphatic heterocycles. The average Bonchev–Trinajstić information content (AvgIpc) is 2.86. The van der Waals surface area contributed by atoms with Gasteiger partial charge in [0.1, 0.15) is 0 Å². The first-order chi connectivity index (χ1) is 12.3. The Labute approximate surface area is 166 Å². The van der Waals surface area contributed by atoms with Gasteiger partial charge in [-0.15, -0.1) is 0 Å². The summed E-state index contributed by atoms with van der Waals surface area (Å²) in [6, 6.07) is 5.99. The number of hydrogen-bond acceptors (Lipinski definition) is 7. The van der Waals surface area contributed by atoms with Gasteiger partial charge in [-0.2, -0.15) is 12.8 Å². The van der Waals surface area contributed by atoms with Crippen molar-refractivity contribution in [2.45, 2.75) is 4.90 Å². The number of fused-ring (bicyclic) bond motifs is 1. The zero-order valence-corrected chi connectivity index (χ0v) is 15.9. The van der Waals surface area contributed by atoms with E-state index in [1.807, 2.05) is 0 Å². The Morgan fingerprint density at radius 2 is 1.22 bits per heavy atom. The van der Waals surface area contributed by atoms with E-state index in [0.717, 1.165) is 0 Å². The van der Waals surface area contributed by atoms with Crippen LogP contribution in [0.5, 0.6) is 0 Å². The van der Waals surface area contributed by atoms with Gasteiger partial charge in [-0.05, 0) is 6.07 Å². The van der Waals surface area contributed by atoms with Crippen LogP contribution in [0.1, 0.15) is 5.56 Å². The van der Waals surface area contributed by atoms with E-state index in [2.05, 4.69) is 4.40 Å². The van der Waals surface area contributed by atoms with Crippen molar-refractivity contribution < 1.29 is 30.3 Å². The van der Waals surface area contributed by atoms with Crippen LogP contribution >= 0.6 is 0 Å². The first-order valence-corrected chi connectivity index (χ1v) is 8.10. The van der Waals surface area contributed by atoms with Crippen molar-refractivity contribution in [3.05, 3.63) is 61.8 Å². The molecule has 0 unspecified atom stereocenters. The fourth-order valence-corrected chi connectivity index (χ4v) is 2.17. The number of nitrogens with zero attached hydrogens (tertiary/aromatic N) is 7. The normalized spacial score (nSPS) is 11.0. The molecule has 0 atom stereocenters. The first kappa shape index (κ1) is 32.3. The maximum absolute atomic E-state index is 11.1. The molecule has 0 saturated carbocycles. The smallest absolute Gasteiger partial charge is 0.858 e. The average molecular weight is 445 g/mol. The molecule has 8 N–H and O–H groups in total. The van der Waals surface area contributed by atoms with E-state index >= 15 is 0 Å². The van der Waals surface area contributed by atoms with Gasteiger partial charge in [-0.25, -0.2) is 0 Å². The largest absolute Gasteiger partial charge is 3.00 e. The maximum Gasteiger partial charge on any atom is 3.00 e. The summed E-state index contributed by atoms with van der Waals surface area (Å²) in [6.45, 7) is 2.39. The van der Waals surface area contributed by atoms with Crippen LogP contribution in [0.2, 0.25) is 0 Å². The van der Waals surface area contributed by atoms with E-state index in [9.17, 15) is 13.5 Å². The number of benzene rings is 1. The zero-order valence-electron chi connectivity index (χ0n) is 14.0. The van der Waals surface area contributed by atoms with Crippen molar-refractivity contribution in [1.29, 1.82) is 0 Å². The zero-order chi connectivity index (χ0) is 21.0. The molecule has 14 nitrogen and oxygen atoms in total. The van der Waals surface area contributed by atoms with Gasteiger partial charge in [-0.3, -0.25) is 9.82 Å². The molecule has 16 heteroatoms. The van der Waals surface area contributed by atoms with Crippen LogP contribution < -0.4 is 28.0 Å². The van der Waals surface area contributed by atoms with Gasteiger partial charge in [0.25, 0.3) is 10.0 Å². The molecule has 27 heavy (non-hydrogen) atoms. The SMILES string of the molecule is NCCN.NCCN.O=S1(=O)N=C([O-])c2ccccc21.[Co+3].[N-]=[N+]=[N-].[N-]=[N+]=[N-]. The molecule has 0 aromatic heterocycles. The predicted molar refractivity (Wildman–Crippen MR) is 96.5 cm³/mol. The van der Waals surface area contributed by atoms with E-state index < -0.39 is 15.9 Å². The second-order valence-electron chi connectivity index (χ2n) is 3.70. The van der Waals surface area contributed by atoms with E-state index in [-0.39, 0.29) is 27.2 Å². The number of rotatable bonds is 2. The maximum atomic E-state index is 11.1. The van der Waals surface area contributed by atoms with Crippen LogP contribution in [0.15, 0.2) is 33.6 Å². The van der Waals surface area contributed by atoms with Crippen LogP contribution in [0.4, 0.5) is 0 Å². The second-order valence-corrected chi connectivity index (χ2v) is 5.27. The summed E-state index contributed by atoms with van der Waals surface area (Å²) in [4.78, 5) is 3.01. The Hall–Kier alpha value is -2.39. The van der Waals surface area contributed by atoms with Crippen LogP contribution in [0, 0.1) is 0 Å². The quantitative estimate of drug-likeness (QED) is 0.250. The minimum atomic E-state index is -3.68. The molecule has 0 spiro atoms. The van der Waals surface area contributed by atoms with Crippen LogP contribution in [0.25, 0.3) is 31.9 Å². The third kappa shape index (κ3) is 16.8. The molecule has 1 aliphatic rings. The minimum absolute atomic E-state index is 0. The van der Waals surface area contributed by atoms with Gasteiger partial charge in [0.15, 0.2) is 0 Å². The Morgan fingerprint density at radius 1 is 0.889 bits per heavy atom. The van der Waals surface area contributed by atoms with Crippen LogP contribution in [0.3, 0.4) is 0 Å². The fraction of sp³-hybridized carbons (Fsp3) is 0.364. The standard InChI is InChI=1S/C7H5NO3S.2C2H8N2.Co.2N3/c9-7-5-3-1-2-4-6(5)12(10,11)8-7;2*3-1-2-4;;2*1-3-2/h1-4H,(H,8,9);2*1-4H2;;;/q;;;+3;2*-1/p-1. The molecule has 1 heterocycles. The minimum Gasteiger partial charge on any atom is -0.858 e. The summed E-state index contributed by atoms with van der Waals surface area (Å²) in [6.07, 6.45) is 0. The Bertz CT molecular complexity index is 679. The van der Waals surface area contributed by atoms with Gasteiger partial charge in [-0.1, -0.05) is 18.2 Å². The van der Waals surface area contributed by atoms with E-state index in [1.54, 1.807) is 12.1 Å². The summed E-state index contributed by atoms with van der Waals surface area (Å²) in [5, 5.41) is 10.9.